The first kappa shape index (κ1) is 13.4. The second-order valence-corrected chi connectivity index (χ2v) is 5.09. The molecule has 0 saturated carbocycles. The molecule has 3 aromatic rings. The number of aryl methyl sites for hydroxylation is 1. The van der Waals surface area contributed by atoms with E-state index < -0.39 is 0 Å². The van der Waals surface area contributed by atoms with Crippen LogP contribution in [-0.4, -0.2) is 19.2 Å². The summed E-state index contributed by atoms with van der Waals surface area (Å²) in [6, 6.07) is 11.3. The van der Waals surface area contributed by atoms with E-state index in [4.69, 9.17) is 18.0 Å². The van der Waals surface area contributed by atoms with Crippen LogP contribution >= 0.6 is 12.2 Å². The van der Waals surface area contributed by atoms with Crippen LogP contribution in [-0.2, 0) is 6.54 Å². The average Bonchev–Trinajstić information content (AvgIpc) is 2.44. The summed E-state index contributed by atoms with van der Waals surface area (Å²) in [7, 11) is 0. The van der Waals surface area contributed by atoms with Crippen LogP contribution in [0.4, 0.5) is 5.95 Å². The summed E-state index contributed by atoms with van der Waals surface area (Å²) in [4.78, 5) is 20.7. The summed E-state index contributed by atoms with van der Waals surface area (Å²) >= 11 is 5.04. The van der Waals surface area contributed by atoms with Crippen LogP contribution in [0, 0.1) is 11.6 Å². The Hall–Kier alpha value is -2.54. The third-order valence-electron chi connectivity index (χ3n) is 3.15. The van der Waals surface area contributed by atoms with Gasteiger partial charge in [0.2, 0.25) is 5.95 Å². The first-order valence-electron chi connectivity index (χ1n) is 6.37. The van der Waals surface area contributed by atoms with E-state index in [0.29, 0.717) is 22.5 Å². The molecule has 0 fully saturated rings. The van der Waals surface area contributed by atoms with Gasteiger partial charge in [-0.05, 0) is 12.5 Å². The van der Waals surface area contributed by atoms with Gasteiger partial charge in [0.1, 0.15) is 10.3 Å². The smallest absolute Gasteiger partial charge is 0.287 e. The number of hydrogen-bond acceptors (Lipinski definition) is 5. The van der Waals surface area contributed by atoms with Crippen LogP contribution in [0.1, 0.15) is 11.3 Å². The molecule has 3 rings (SSSR count). The van der Waals surface area contributed by atoms with Gasteiger partial charge in [0, 0.05) is 6.07 Å². The Balaban J connectivity index is 2.32. The fraction of sp³-hybridized carbons (Fsp3) is 0.143. The number of aromatic nitrogens is 4. The molecule has 0 aliphatic rings. The molecule has 0 unspecified atom stereocenters. The second-order valence-electron chi connectivity index (χ2n) is 4.67. The molecule has 2 aromatic heterocycles. The lowest BCUT2D eigenvalue weighted by molar-refractivity contribution is 0.582. The minimum atomic E-state index is -0.207. The van der Waals surface area contributed by atoms with E-state index in [0.717, 1.165) is 5.56 Å². The summed E-state index contributed by atoms with van der Waals surface area (Å²) < 4.78 is 3.37. The van der Waals surface area contributed by atoms with Gasteiger partial charge >= 0.3 is 0 Å². The van der Waals surface area contributed by atoms with Gasteiger partial charge < -0.3 is 5.73 Å². The van der Waals surface area contributed by atoms with E-state index in [1.165, 1.54) is 9.20 Å². The van der Waals surface area contributed by atoms with E-state index in [1.54, 1.807) is 13.0 Å². The summed E-state index contributed by atoms with van der Waals surface area (Å²) in [5, 5.41) is 0. The number of benzene rings is 1. The summed E-state index contributed by atoms with van der Waals surface area (Å²) in [6.07, 6.45) is 0. The van der Waals surface area contributed by atoms with Gasteiger partial charge in [-0.1, -0.05) is 42.5 Å². The number of anilines is 1. The first-order valence-corrected chi connectivity index (χ1v) is 6.78. The highest BCUT2D eigenvalue weighted by Crippen LogP contribution is 2.07. The van der Waals surface area contributed by atoms with Crippen LogP contribution in [0.15, 0.2) is 41.2 Å². The molecule has 7 heteroatoms. The number of nitrogens with zero attached hydrogens (tertiary/aromatic N) is 4. The van der Waals surface area contributed by atoms with Gasteiger partial charge in [0.05, 0.1) is 6.54 Å². The van der Waals surface area contributed by atoms with Crippen molar-refractivity contribution in [3.05, 3.63) is 62.6 Å². The third kappa shape index (κ3) is 2.43. The van der Waals surface area contributed by atoms with Gasteiger partial charge in [-0.15, -0.1) is 0 Å². The molecule has 0 saturated heterocycles. The van der Waals surface area contributed by atoms with E-state index in [-0.39, 0.29) is 11.5 Å². The number of nitrogen functional groups attached to an aromatic ring is 1. The highest BCUT2D eigenvalue weighted by atomic mass is 32.1. The molecule has 0 aliphatic heterocycles. The molecular formula is C14H13N5OS. The molecule has 6 nitrogen and oxygen atoms in total. The molecule has 1 aromatic carbocycles. The standard InChI is InChI=1S/C14H13N5OS/c1-9-13(20)18(8-10-5-3-2-4-6-10)19-11(16-9)7-12(21)17-14(19)15/h2-7H,8H2,1H3,(H2,15,17,21). The summed E-state index contributed by atoms with van der Waals surface area (Å²) in [5.41, 5.74) is 7.61. The minimum Gasteiger partial charge on any atom is -0.368 e. The molecule has 21 heavy (non-hydrogen) atoms. The Morgan fingerprint density at radius 2 is 1.95 bits per heavy atom. The van der Waals surface area contributed by atoms with Crippen LogP contribution in [0.2, 0.25) is 0 Å². The van der Waals surface area contributed by atoms with Crippen LogP contribution < -0.4 is 11.3 Å². The van der Waals surface area contributed by atoms with Gasteiger partial charge in [-0.25, -0.2) is 14.6 Å². The lowest BCUT2D eigenvalue weighted by atomic mass is 10.2. The van der Waals surface area contributed by atoms with Crippen molar-refractivity contribution in [2.75, 3.05) is 5.73 Å². The quantitative estimate of drug-likeness (QED) is 0.727. The lowest BCUT2D eigenvalue weighted by Gasteiger charge is -2.14. The van der Waals surface area contributed by atoms with Crippen molar-refractivity contribution in [1.29, 1.82) is 0 Å². The van der Waals surface area contributed by atoms with Crippen molar-refractivity contribution in [3.8, 4) is 0 Å². The van der Waals surface area contributed by atoms with Gasteiger partial charge in [0.15, 0.2) is 5.65 Å². The highest BCUT2D eigenvalue weighted by molar-refractivity contribution is 7.71. The lowest BCUT2D eigenvalue weighted by Crippen LogP contribution is -2.31. The van der Waals surface area contributed by atoms with E-state index >= 15 is 0 Å². The normalized spacial score (nSPS) is 10.9. The van der Waals surface area contributed by atoms with E-state index in [2.05, 4.69) is 9.97 Å². The van der Waals surface area contributed by atoms with Gasteiger partial charge in [0.25, 0.3) is 5.56 Å². The predicted octanol–water partition coefficient (Wildman–Crippen LogP) is 1.56. The van der Waals surface area contributed by atoms with E-state index in [1.807, 2.05) is 30.3 Å². The van der Waals surface area contributed by atoms with Crippen LogP contribution in [0.5, 0.6) is 0 Å². The average molecular weight is 299 g/mol. The second kappa shape index (κ2) is 5.10. The Labute approximate surface area is 125 Å². The third-order valence-corrected chi connectivity index (χ3v) is 3.36. The number of nitrogens with two attached hydrogens (primary N) is 1. The minimum absolute atomic E-state index is 0.151. The highest BCUT2D eigenvalue weighted by Gasteiger charge is 2.10. The molecule has 0 radical (unpaired) electrons. The van der Waals surface area contributed by atoms with Crippen molar-refractivity contribution in [3.63, 3.8) is 0 Å². The Morgan fingerprint density at radius 3 is 2.67 bits per heavy atom. The van der Waals surface area contributed by atoms with Gasteiger partial charge in [-0.3, -0.25) is 4.79 Å². The molecule has 0 amide bonds. The maximum absolute atomic E-state index is 12.4. The SMILES string of the molecule is Cc1nc2cc(=S)nc(N)n2n(Cc2ccccc2)c1=O. The van der Waals surface area contributed by atoms with Crippen LogP contribution in [0.25, 0.3) is 5.65 Å². The maximum atomic E-state index is 12.4. The zero-order valence-electron chi connectivity index (χ0n) is 11.4. The van der Waals surface area contributed by atoms with Crippen molar-refractivity contribution in [1.82, 2.24) is 19.2 Å². The fourth-order valence-electron chi connectivity index (χ4n) is 2.20. The molecule has 0 spiro atoms. The monoisotopic (exact) mass is 299 g/mol. The maximum Gasteiger partial charge on any atom is 0.287 e. The molecule has 2 heterocycles. The van der Waals surface area contributed by atoms with Crippen molar-refractivity contribution in [2.24, 2.45) is 0 Å². The topological polar surface area (TPSA) is 78.2 Å². The molecule has 0 aliphatic carbocycles. The Kier molecular flexibility index (Phi) is 3.26. The van der Waals surface area contributed by atoms with Crippen molar-refractivity contribution >= 4 is 23.8 Å². The van der Waals surface area contributed by atoms with Gasteiger partial charge in [-0.2, -0.15) is 4.52 Å². The molecule has 0 atom stereocenters. The Morgan fingerprint density at radius 1 is 1.24 bits per heavy atom. The number of hydrogen-bond donors (Lipinski definition) is 1. The molecule has 106 valence electrons. The largest absolute Gasteiger partial charge is 0.368 e. The Bertz CT molecular complexity index is 930. The predicted molar refractivity (Wildman–Crippen MR) is 82.8 cm³/mol. The summed E-state index contributed by atoms with van der Waals surface area (Å²) in [6.45, 7) is 2.05. The molecule has 0 bridgehead atoms. The number of rotatable bonds is 2. The summed E-state index contributed by atoms with van der Waals surface area (Å²) in [5.74, 6) is 0.151. The first-order chi connectivity index (χ1) is 10.1. The van der Waals surface area contributed by atoms with Crippen molar-refractivity contribution in [2.45, 2.75) is 13.5 Å². The fourth-order valence-corrected chi connectivity index (χ4v) is 2.40. The zero-order valence-corrected chi connectivity index (χ0v) is 12.2. The molecular weight excluding hydrogens is 286 g/mol. The van der Waals surface area contributed by atoms with Crippen molar-refractivity contribution < 1.29 is 0 Å². The van der Waals surface area contributed by atoms with E-state index in [9.17, 15) is 4.79 Å². The van der Waals surface area contributed by atoms with Crippen LogP contribution in [0.3, 0.4) is 0 Å². The number of fused-ring (bicyclic) bond motifs is 1. The zero-order chi connectivity index (χ0) is 15.0. The molecule has 2 N–H and O–H groups in total.